The number of carbonyl (C=O) groups is 2. The van der Waals surface area contributed by atoms with Gasteiger partial charge in [0.05, 0.1) is 18.2 Å². The van der Waals surface area contributed by atoms with Gasteiger partial charge in [0.25, 0.3) is 0 Å². The van der Waals surface area contributed by atoms with Gasteiger partial charge in [-0.15, -0.1) is 0 Å². The fourth-order valence-corrected chi connectivity index (χ4v) is 4.20. The third-order valence-electron chi connectivity index (χ3n) is 6.37. The van der Waals surface area contributed by atoms with Crippen LogP contribution in [0.4, 0.5) is 18.0 Å². The number of ether oxygens (including phenoxy) is 1. The molecule has 0 aliphatic heterocycles. The number of amides is 3. The molecule has 10 heteroatoms. The van der Waals surface area contributed by atoms with Crippen molar-refractivity contribution in [3.05, 3.63) is 75.6 Å². The second kappa shape index (κ2) is 12.6. The van der Waals surface area contributed by atoms with Gasteiger partial charge in [-0.3, -0.25) is 9.69 Å². The lowest BCUT2D eigenvalue weighted by Crippen LogP contribution is -2.42. The second-order valence-electron chi connectivity index (χ2n) is 8.98. The Morgan fingerprint density at radius 2 is 1.84 bits per heavy atom. The molecule has 0 fully saturated rings. The predicted octanol–water partition coefficient (Wildman–Crippen LogP) is 6.19. The third kappa shape index (κ3) is 6.73. The van der Waals surface area contributed by atoms with E-state index >= 15 is 0 Å². The van der Waals surface area contributed by atoms with Crippen LogP contribution in [0.1, 0.15) is 55.8 Å². The Labute approximate surface area is 218 Å². The molecule has 3 rings (SSSR count). The summed E-state index contributed by atoms with van der Waals surface area (Å²) in [4.78, 5) is 38.9. The van der Waals surface area contributed by atoms with Crippen molar-refractivity contribution in [2.75, 3.05) is 20.2 Å². The Morgan fingerprint density at radius 3 is 2.47 bits per heavy atom. The van der Waals surface area contributed by atoms with Crippen LogP contribution in [0.25, 0.3) is 11.0 Å². The van der Waals surface area contributed by atoms with Crippen LogP contribution in [0.3, 0.4) is 0 Å². The number of halogens is 3. The van der Waals surface area contributed by atoms with Gasteiger partial charge in [-0.25, -0.2) is 9.59 Å². The molecular formula is C28H31F3N2O5. The Bertz CT molecular complexity index is 1310. The largest absolute Gasteiger partial charge is 0.493 e. The van der Waals surface area contributed by atoms with Crippen molar-refractivity contribution in [3.63, 3.8) is 0 Å². The van der Waals surface area contributed by atoms with Crippen LogP contribution < -0.4 is 10.4 Å². The van der Waals surface area contributed by atoms with Gasteiger partial charge in [-0.1, -0.05) is 43.7 Å². The van der Waals surface area contributed by atoms with Crippen molar-refractivity contribution in [1.82, 2.24) is 9.80 Å². The quantitative estimate of drug-likeness (QED) is 0.167. The molecule has 0 radical (unpaired) electrons. The van der Waals surface area contributed by atoms with E-state index in [1.807, 2.05) is 44.2 Å². The second-order valence-corrected chi connectivity index (χ2v) is 8.98. The number of unbranched alkanes of at least 4 members (excludes halogenated alkanes) is 1. The first-order valence-corrected chi connectivity index (χ1v) is 12.4. The lowest BCUT2D eigenvalue weighted by atomic mass is 10.0. The number of imide groups is 1. The van der Waals surface area contributed by atoms with Gasteiger partial charge in [-0.2, -0.15) is 13.2 Å². The first-order valence-electron chi connectivity index (χ1n) is 12.4. The number of fused-ring (bicyclic) bond motifs is 1. The molecule has 7 nitrogen and oxygen atoms in total. The van der Waals surface area contributed by atoms with E-state index in [0.29, 0.717) is 49.5 Å². The Kier molecular flexibility index (Phi) is 9.55. The molecule has 0 saturated carbocycles. The highest BCUT2D eigenvalue weighted by molar-refractivity contribution is 5.86. The highest BCUT2D eigenvalue weighted by atomic mass is 19.4. The number of hydrogen-bond donors (Lipinski definition) is 0. The number of alkyl halides is 3. The summed E-state index contributed by atoms with van der Waals surface area (Å²) in [6.07, 6.45) is -2.31. The van der Waals surface area contributed by atoms with Gasteiger partial charge in [0.1, 0.15) is 11.3 Å². The summed E-state index contributed by atoms with van der Waals surface area (Å²) in [5.41, 5.74) is -0.909. The van der Waals surface area contributed by atoms with Gasteiger partial charge in [-0.05, 0) is 43.9 Å². The van der Waals surface area contributed by atoms with Crippen molar-refractivity contribution in [2.45, 2.75) is 51.7 Å². The van der Waals surface area contributed by atoms with E-state index in [1.54, 1.807) is 7.05 Å². The first-order chi connectivity index (χ1) is 18.1. The predicted molar refractivity (Wildman–Crippen MR) is 137 cm³/mol. The summed E-state index contributed by atoms with van der Waals surface area (Å²) in [7, 11) is 1.64. The normalized spacial score (nSPS) is 12.3. The van der Waals surface area contributed by atoms with Crippen molar-refractivity contribution < 1.29 is 31.9 Å². The van der Waals surface area contributed by atoms with E-state index in [9.17, 15) is 27.6 Å². The lowest BCUT2D eigenvalue weighted by Gasteiger charge is -2.29. The Hall–Kier alpha value is -3.82. The molecule has 2 aromatic carbocycles. The molecule has 0 N–H and O–H groups in total. The molecule has 0 bridgehead atoms. The number of rotatable bonds is 11. The maximum absolute atomic E-state index is 13.5. The van der Waals surface area contributed by atoms with Crippen LogP contribution in [0.15, 0.2) is 57.7 Å². The van der Waals surface area contributed by atoms with Gasteiger partial charge >= 0.3 is 17.8 Å². The number of carbonyl (C=O) groups excluding carboxylic acids is 2. The highest BCUT2D eigenvalue weighted by Gasteiger charge is 2.34. The van der Waals surface area contributed by atoms with E-state index in [4.69, 9.17) is 9.15 Å². The smallest absolute Gasteiger partial charge is 0.417 e. The number of aryl methyl sites for hydroxylation is 1. The minimum Gasteiger partial charge on any atom is -0.493 e. The van der Waals surface area contributed by atoms with Crippen LogP contribution in [0, 0.1) is 0 Å². The summed E-state index contributed by atoms with van der Waals surface area (Å²) >= 11 is 0. The summed E-state index contributed by atoms with van der Waals surface area (Å²) in [6, 6.07) is 12.0. The average Bonchev–Trinajstić information content (AvgIpc) is 2.90. The zero-order valence-corrected chi connectivity index (χ0v) is 21.6. The average molecular weight is 533 g/mol. The maximum Gasteiger partial charge on any atom is 0.417 e. The summed E-state index contributed by atoms with van der Waals surface area (Å²) in [5.74, 6) is 0.335. The van der Waals surface area contributed by atoms with Crippen LogP contribution in [0.5, 0.6) is 5.75 Å². The molecule has 0 saturated heterocycles. The summed E-state index contributed by atoms with van der Waals surface area (Å²) in [5, 5.41) is -0.193. The molecule has 3 aromatic rings. The van der Waals surface area contributed by atoms with Gasteiger partial charge in [0.15, 0.2) is 0 Å². The fourth-order valence-electron chi connectivity index (χ4n) is 4.20. The molecule has 0 spiro atoms. The minimum absolute atomic E-state index is 0.127. The van der Waals surface area contributed by atoms with E-state index < -0.39 is 23.4 Å². The van der Waals surface area contributed by atoms with Gasteiger partial charge in [0.2, 0.25) is 6.41 Å². The van der Waals surface area contributed by atoms with E-state index in [1.165, 1.54) is 17.0 Å². The van der Waals surface area contributed by atoms with Crippen molar-refractivity contribution >= 4 is 23.4 Å². The van der Waals surface area contributed by atoms with Crippen LogP contribution >= 0.6 is 0 Å². The lowest BCUT2D eigenvalue weighted by molar-refractivity contribution is -0.136. The topological polar surface area (TPSA) is 80.1 Å². The molecule has 1 heterocycles. The SMILES string of the molecule is CCCc1c(OCCCCN(C=O)C(=O)N(C)C(C)c2ccccc2)ccc2c(C(F)(F)F)cc(=O)oc12. The first kappa shape index (κ1) is 28.7. The summed E-state index contributed by atoms with van der Waals surface area (Å²) < 4.78 is 51.4. The Morgan fingerprint density at radius 1 is 1.13 bits per heavy atom. The highest BCUT2D eigenvalue weighted by Crippen LogP contribution is 2.37. The van der Waals surface area contributed by atoms with E-state index in [0.717, 1.165) is 10.5 Å². The molecule has 0 aliphatic rings. The van der Waals surface area contributed by atoms with Gasteiger partial charge in [0, 0.05) is 30.6 Å². The number of benzene rings is 2. The molecule has 1 atom stereocenters. The van der Waals surface area contributed by atoms with E-state index in [-0.39, 0.29) is 30.2 Å². The molecule has 1 unspecified atom stereocenters. The number of urea groups is 1. The van der Waals surface area contributed by atoms with Gasteiger partial charge < -0.3 is 14.1 Å². The monoisotopic (exact) mass is 532 g/mol. The maximum atomic E-state index is 13.5. The van der Waals surface area contributed by atoms with Crippen molar-refractivity contribution in [3.8, 4) is 5.75 Å². The summed E-state index contributed by atoms with van der Waals surface area (Å²) in [6.45, 7) is 4.11. The molecule has 1 aromatic heterocycles. The third-order valence-corrected chi connectivity index (χ3v) is 6.37. The standard InChI is InChI=1S/C28H31F3N2O5/c1-4-10-22-24(14-13-21-23(28(29,30)31)17-25(35)38-26(21)22)37-16-9-8-15-33(18-34)27(36)32(3)19(2)20-11-6-5-7-12-20/h5-7,11-14,17-19H,4,8-10,15-16H2,1-3H3. The Balaban J connectivity index is 1.64. The fraction of sp³-hybridized carbons (Fsp3) is 0.393. The molecular weight excluding hydrogens is 501 g/mol. The van der Waals surface area contributed by atoms with Crippen molar-refractivity contribution in [2.24, 2.45) is 0 Å². The molecule has 38 heavy (non-hydrogen) atoms. The zero-order valence-electron chi connectivity index (χ0n) is 21.6. The molecule has 0 aliphatic carbocycles. The zero-order chi connectivity index (χ0) is 27.9. The number of hydrogen-bond acceptors (Lipinski definition) is 5. The molecule has 204 valence electrons. The minimum atomic E-state index is -4.70. The van der Waals surface area contributed by atoms with Crippen LogP contribution in [-0.2, 0) is 17.4 Å². The van der Waals surface area contributed by atoms with Crippen LogP contribution in [-0.4, -0.2) is 42.4 Å². The molecule has 3 amide bonds. The van der Waals surface area contributed by atoms with Crippen LogP contribution in [0.2, 0.25) is 0 Å². The number of nitrogens with zero attached hydrogens (tertiary/aromatic N) is 2. The van der Waals surface area contributed by atoms with E-state index in [2.05, 4.69) is 0 Å². The van der Waals surface area contributed by atoms with Crippen molar-refractivity contribution in [1.29, 1.82) is 0 Å².